The topological polar surface area (TPSA) is 88.8 Å². The number of aromatic nitrogens is 5. The van der Waals surface area contributed by atoms with E-state index in [2.05, 4.69) is 20.3 Å². The van der Waals surface area contributed by atoms with E-state index in [1.165, 1.54) is 16.5 Å². The molecule has 0 spiro atoms. The number of pyridine rings is 1. The number of urea groups is 1. The van der Waals surface area contributed by atoms with Gasteiger partial charge in [-0.1, -0.05) is 38.1 Å². The van der Waals surface area contributed by atoms with E-state index < -0.39 is 11.9 Å². The van der Waals surface area contributed by atoms with Crippen molar-refractivity contribution >= 4 is 11.8 Å². The number of hydrogen-bond acceptors (Lipinski definition) is 5. The molecular weight excluding hydrogens is 483 g/mol. The first-order valence-electron chi connectivity index (χ1n) is 11.7. The van der Waals surface area contributed by atoms with E-state index in [9.17, 15) is 18.0 Å². The molecule has 1 aromatic carbocycles. The quantitative estimate of drug-likeness (QED) is 0.396. The Morgan fingerprint density at radius 1 is 1.08 bits per heavy atom. The molecule has 1 aliphatic heterocycles. The smallest absolute Gasteiger partial charge is 0.333 e. The zero-order valence-corrected chi connectivity index (χ0v) is 20.4. The number of nitrogens with zero attached hydrogens (tertiary/aromatic N) is 6. The van der Waals surface area contributed by atoms with E-state index in [4.69, 9.17) is 4.98 Å². The minimum absolute atomic E-state index is 0.166. The van der Waals surface area contributed by atoms with E-state index in [1.807, 2.05) is 26.0 Å². The lowest BCUT2D eigenvalue weighted by atomic mass is 10.0. The van der Waals surface area contributed by atoms with Gasteiger partial charge in [-0.15, -0.1) is 0 Å². The highest BCUT2D eigenvalue weighted by Crippen LogP contribution is 2.32. The number of nitrogens with one attached hydrogen (secondary N) is 1. The molecule has 11 heteroatoms. The number of alkyl halides is 3. The third-order valence-electron chi connectivity index (χ3n) is 6.12. The van der Waals surface area contributed by atoms with Crippen molar-refractivity contribution in [1.82, 2.24) is 29.8 Å². The molecule has 1 N–H and O–H groups in total. The maximum atomic E-state index is 13.0. The molecule has 8 nitrogen and oxygen atoms in total. The molecule has 0 aliphatic carbocycles. The van der Waals surface area contributed by atoms with Crippen LogP contribution in [0.15, 0.2) is 55.0 Å². The van der Waals surface area contributed by atoms with Gasteiger partial charge in [0.2, 0.25) is 0 Å². The second-order valence-corrected chi connectivity index (χ2v) is 9.13. The Morgan fingerprint density at radius 3 is 2.51 bits per heavy atom. The van der Waals surface area contributed by atoms with Gasteiger partial charge in [0.15, 0.2) is 11.5 Å². The van der Waals surface area contributed by atoms with E-state index in [0.29, 0.717) is 23.8 Å². The van der Waals surface area contributed by atoms with Crippen molar-refractivity contribution in [3.05, 3.63) is 77.5 Å². The zero-order chi connectivity index (χ0) is 26.3. The first kappa shape index (κ1) is 24.4. The number of rotatable bonds is 5. The van der Waals surface area contributed by atoms with Crippen molar-refractivity contribution < 1.29 is 18.0 Å². The van der Waals surface area contributed by atoms with Gasteiger partial charge in [-0.2, -0.15) is 13.2 Å². The Kier molecular flexibility index (Phi) is 6.14. The Balaban J connectivity index is 1.44. The molecule has 37 heavy (non-hydrogen) atoms. The normalized spacial score (nSPS) is 13.6. The van der Waals surface area contributed by atoms with Gasteiger partial charge in [-0.05, 0) is 23.6 Å². The largest absolute Gasteiger partial charge is 0.434 e. The standard InChI is InChI=1S/C26H24F3N7O/c1-15(2)21-19(5-4-10-30-21)22-31-11-18-12-32-25(37)36(24(18)34-22)13-16-6-8-17(9-7-16)23-33-20(14-35(23)3)26(27,28)29/h4-11,14-15H,12-13H2,1-3H3,(H,32,37). The van der Waals surface area contributed by atoms with Gasteiger partial charge >= 0.3 is 12.2 Å². The predicted molar refractivity (Wildman–Crippen MR) is 131 cm³/mol. The summed E-state index contributed by atoms with van der Waals surface area (Å²) < 4.78 is 40.5. The molecule has 0 saturated carbocycles. The molecule has 4 aromatic rings. The highest BCUT2D eigenvalue weighted by Gasteiger charge is 2.34. The second kappa shape index (κ2) is 9.30. The van der Waals surface area contributed by atoms with Gasteiger partial charge in [0.05, 0.1) is 12.2 Å². The molecule has 5 rings (SSSR count). The van der Waals surface area contributed by atoms with Crippen LogP contribution in [-0.4, -0.2) is 30.5 Å². The summed E-state index contributed by atoms with van der Waals surface area (Å²) in [6.07, 6.45) is -0.112. The van der Waals surface area contributed by atoms with Crippen LogP contribution in [0.2, 0.25) is 0 Å². The number of benzene rings is 1. The van der Waals surface area contributed by atoms with Crippen LogP contribution in [0.4, 0.5) is 23.8 Å². The number of anilines is 1. The molecule has 1 aliphatic rings. The van der Waals surface area contributed by atoms with Crippen molar-refractivity contribution in [2.24, 2.45) is 7.05 Å². The van der Waals surface area contributed by atoms with Gasteiger partial charge in [-0.25, -0.2) is 19.7 Å². The molecule has 0 atom stereocenters. The molecule has 2 amide bonds. The van der Waals surface area contributed by atoms with Crippen molar-refractivity contribution in [2.75, 3.05) is 4.90 Å². The average molecular weight is 508 g/mol. The van der Waals surface area contributed by atoms with Gasteiger partial charge in [0, 0.05) is 48.9 Å². The minimum atomic E-state index is -4.52. The lowest BCUT2D eigenvalue weighted by molar-refractivity contribution is -0.140. The summed E-state index contributed by atoms with van der Waals surface area (Å²) in [5.41, 5.74) is 2.83. The summed E-state index contributed by atoms with van der Waals surface area (Å²) in [5, 5.41) is 2.83. The third-order valence-corrected chi connectivity index (χ3v) is 6.12. The van der Waals surface area contributed by atoms with Crippen LogP contribution in [0.25, 0.3) is 22.8 Å². The summed E-state index contributed by atoms with van der Waals surface area (Å²) in [7, 11) is 1.52. The molecule has 0 fully saturated rings. The monoisotopic (exact) mass is 507 g/mol. The van der Waals surface area contributed by atoms with Crippen LogP contribution in [0, 0.1) is 0 Å². The molecule has 0 radical (unpaired) electrons. The first-order valence-corrected chi connectivity index (χ1v) is 11.7. The molecule has 4 heterocycles. The van der Waals surface area contributed by atoms with E-state index in [1.54, 1.807) is 36.7 Å². The first-order chi connectivity index (χ1) is 17.6. The van der Waals surface area contributed by atoms with Crippen LogP contribution in [-0.2, 0) is 26.3 Å². The van der Waals surface area contributed by atoms with E-state index in [0.717, 1.165) is 28.6 Å². The summed E-state index contributed by atoms with van der Waals surface area (Å²) in [4.78, 5) is 31.9. The Morgan fingerprint density at radius 2 is 1.84 bits per heavy atom. The lowest BCUT2D eigenvalue weighted by Gasteiger charge is -2.29. The SMILES string of the molecule is CC(C)c1ncccc1-c1ncc2c(n1)N(Cc1ccc(-c3nc(C(F)(F)F)cn3C)cc1)C(=O)NC2. The third kappa shape index (κ3) is 4.76. The molecule has 190 valence electrons. The van der Waals surface area contributed by atoms with Crippen molar-refractivity contribution in [3.63, 3.8) is 0 Å². The van der Waals surface area contributed by atoms with Crippen LogP contribution in [0.3, 0.4) is 0 Å². The number of halogens is 3. The van der Waals surface area contributed by atoms with Gasteiger partial charge in [0.1, 0.15) is 11.6 Å². The zero-order valence-electron chi connectivity index (χ0n) is 20.4. The number of aryl methyl sites for hydroxylation is 1. The van der Waals surface area contributed by atoms with E-state index >= 15 is 0 Å². The molecule has 0 unspecified atom stereocenters. The van der Waals surface area contributed by atoms with Crippen molar-refractivity contribution in [2.45, 2.75) is 39.0 Å². The number of carbonyl (C=O) groups excluding carboxylic acids is 1. The van der Waals surface area contributed by atoms with Crippen molar-refractivity contribution in [3.8, 4) is 22.8 Å². The molecule has 0 bridgehead atoms. The number of hydrogen-bond donors (Lipinski definition) is 1. The van der Waals surface area contributed by atoms with Crippen LogP contribution >= 0.6 is 0 Å². The fourth-order valence-electron chi connectivity index (χ4n) is 4.27. The Labute approximate surface area is 211 Å². The molecule has 3 aromatic heterocycles. The highest BCUT2D eigenvalue weighted by molar-refractivity contribution is 5.93. The van der Waals surface area contributed by atoms with Gasteiger partial charge < -0.3 is 9.88 Å². The maximum Gasteiger partial charge on any atom is 0.434 e. The summed E-state index contributed by atoms with van der Waals surface area (Å²) in [5.74, 6) is 1.37. The molecule has 0 saturated heterocycles. The van der Waals surface area contributed by atoms with Gasteiger partial charge in [0.25, 0.3) is 0 Å². The Hall–Kier alpha value is -4.28. The van der Waals surface area contributed by atoms with Gasteiger partial charge in [-0.3, -0.25) is 9.88 Å². The summed E-state index contributed by atoms with van der Waals surface area (Å²) in [6, 6.07) is 10.4. The minimum Gasteiger partial charge on any atom is -0.333 e. The fourth-order valence-corrected chi connectivity index (χ4v) is 4.27. The number of carbonyl (C=O) groups is 1. The maximum absolute atomic E-state index is 13.0. The summed E-state index contributed by atoms with van der Waals surface area (Å²) in [6.45, 7) is 4.62. The van der Waals surface area contributed by atoms with Crippen LogP contribution in [0.5, 0.6) is 0 Å². The van der Waals surface area contributed by atoms with Crippen LogP contribution in [0.1, 0.15) is 42.3 Å². The highest BCUT2D eigenvalue weighted by atomic mass is 19.4. The van der Waals surface area contributed by atoms with Crippen LogP contribution < -0.4 is 10.2 Å². The average Bonchev–Trinajstić information content (AvgIpc) is 3.28. The lowest BCUT2D eigenvalue weighted by Crippen LogP contribution is -2.44. The predicted octanol–water partition coefficient (Wildman–Crippen LogP) is 5.31. The number of imidazole rings is 1. The summed E-state index contributed by atoms with van der Waals surface area (Å²) >= 11 is 0. The second-order valence-electron chi connectivity index (χ2n) is 9.13. The number of fused-ring (bicyclic) bond motifs is 1. The van der Waals surface area contributed by atoms with E-state index in [-0.39, 0.29) is 24.3 Å². The molecular formula is C26H24F3N7O. The van der Waals surface area contributed by atoms with Crippen molar-refractivity contribution in [1.29, 1.82) is 0 Å². The fraction of sp³-hybridized carbons (Fsp3) is 0.269. The number of amides is 2. The Bertz CT molecular complexity index is 1460.